The Labute approximate surface area is 163 Å². The molecule has 0 saturated carbocycles. The van der Waals surface area contributed by atoms with E-state index in [2.05, 4.69) is 5.32 Å². The molecule has 5 heteroatoms. The molecule has 0 bridgehead atoms. The van der Waals surface area contributed by atoms with Gasteiger partial charge in [0, 0.05) is 6.08 Å². The van der Waals surface area contributed by atoms with Crippen LogP contribution < -0.4 is 5.32 Å². The van der Waals surface area contributed by atoms with Crippen molar-refractivity contribution in [3.8, 4) is 0 Å². The van der Waals surface area contributed by atoms with Gasteiger partial charge in [0.05, 0.1) is 6.26 Å². The molecule has 0 fully saturated rings. The van der Waals surface area contributed by atoms with Crippen LogP contribution in [-0.2, 0) is 20.9 Å². The molecule has 0 spiro atoms. The maximum atomic E-state index is 12.5. The average molecular weight is 373 g/mol. The lowest BCUT2D eigenvalue weighted by Crippen LogP contribution is -2.27. The van der Waals surface area contributed by atoms with Gasteiger partial charge in [-0.25, -0.2) is 4.79 Å². The summed E-state index contributed by atoms with van der Waals surface area (Å²) < 4.78 is 10.4. The SMILES string of the molecule is O=C(/C=C/c1ccccc1)N/C(=C\c1ccccc1)C(=O)OCc1ccco1. The number of hydrogen-bond acceptors (Lipinski definition) is 4. The normalized spacial score (nSPS) is 11.4. The topological polar surface area (TPSA) is 68.5 Å². The fourth-order valence-corrected chi connectivity index (χ4v) is 2.38. The van der Waals surface area contributed by atoms with E-state index in [0.29, 0.717) is 5.76 Å². The van der Waals surface area contributed by atoms with E-state index in [-0.39, 0.29) is 12.3 Å². The maximum absolute atomic E-state index is 12.5. The molecule has 1 heterocycles. The lowest BCUT2D eigenvalue weighted by atomic mass is 10.2. The molecule has 0 saturated heterocycles. The molecule has 140 valence electrons. The second kappa shape index (κ2) is 9.73. The number of ether oxygens (including phenoxy) is 1. The number of hydrogen-bond donors (Lipinski definition) is 1. The molecular formula is C23H19NO4. The summed E-state index contributed by atoms with van der Waals surface area (Å²) in [5.41, 5.74) is 1.69. The summed E-state index contributed by atoms with van der Waals surface area (Å²) >= 11 is 0. The Morgan fingerprint density at radius 1 is 0.893 bits per heavy atom. The lowest BCUT2D eigenvalue weighted by molar-refractivity contribution is -0.141. The van der Waals surface area contributed by atoms with Gasteiger partial charge in [0.25, 0.3) is 0 Å². The van der Waals surface area contributed by atoms with E-state index in [1.807, 2.05) is 60.7 Å². The van der Waals surface area contributed by atoms with Crippen molar-refractivity contribution in [2.45, 2.75) is 6.61 Å². The van der Waals surface area contributed by atoms with Gasteiger partial charge in [-0.05, 0) is 35.4 Å². The van der Waals surface area contributed by atoms with Gasteiger partial charge in [-0.3, -0.25) is 4.79 Å². The Hall–Kier alpha value is -3.86. The molecule has 0 radical (unpaired) electrons. The van der Waals surface area contributed by atoms with Gasteiger partial charge in [0.1, 0.15) is 18.1 Å². The summed E-state index contributed by atoms with van der Waals surface area (Å²) in [6.07, 6.45) is 6.11. The standard InChI is InChI=1S/C23H19NO4/c25-22(14-13-18-8-3-1-4-9-18)24-21(16-19-10-5-2-6-11-19)23(26)28-17-20-12-7-15-27-20/h1-16H,17H2,(H,24,25)/b14-13+,21-16-. The summed E-state index contributed by atoms with van der Waals surface area (Å²) in [6, 6.07) is 22.0. The highest BCUT2D eigenvalue weighted by Crippen LogP contribution is 2.09. The van der Waals surface area contributed by atoms with Crippen molar-refractivity contribution in [2.24, 2.45) is 0 Å². The number of rotatable bonds is 7. The van der Waals surface area contributed by atoms with E-state index in [0.717, 1.165) is 11.1 Å². The Kier molecular flexibility index (Phi) is 6.57. The Morgan fingerprint density at radius 2 is 1.57 bits per heavy atom. The molecule has 3 aromatic rings. The van der Waals surface area contributed by atoms with Crippen LogP contribution in [0, 0.1) is 0 Å². The highest BCUT2D eigenvalue weighted by Gasteiger charge is 2.14. The van der Waals surface area contributed by atoms with Crippen molar-refractivity contribution >= 4 is 24.0 Å². The quantitative estimate of drug-likeness (QED) is 0.498. The zero-order chi connectivity index (χ0) is 19.6. The largest absolute Gasteiger partial charge is 0.466 e. The van der Waals surface area contributed by atoms with Crippen LogP contribution in [0.3, 0.4) is 0 Å². The van der Waals surface area contributed by atoms with Crippen LogP contribution in [0.1, 0.15) is 16.9 Å². The van der Waals surface area contributed by atoms with Gasteiger partial charge in [-0.15, -0.1) is 0 Å². The fraction of sp³-hybridized carbons (Fsp3) is 0.0435. The minimum absolute atomic E-state index is 0.0202. The molecule has 1 N–H and O–H groups in total. The van der Waals surface area contributed by atoms with Crippen molar-refractivity contribution < 1.29 is 18.7 Å². The third kappa shape index (κ3) is 5.85. The highest BCUT2D eigenvalue weighted by molar-refractivity contribution is 6.02. The van der Waals surface area contributed by atoms with E-state index in [4.69, 9.17) is 9.15 Å². The molecule has 0 atom stereocenters. The van der Waals surface area contributed by atoms with Crippen molar-refractivity contribution in [1.29, 1.82) is 0 Å². The van der Waals surface area contributed by atoms with Crippen LogP contribution in [-0.4, -0.2) is 11.9 Å². The van der Waals surface area contributed by atoms with E-state index >= 15 is 0 Å². The van der Waals surface area contributed by atoms with Gasteiger partial charge in [0.15, 0.2) is 0 Å². The van der Waals surface area contributed by atoms with Crippen LogP contribution in [0.2, 0.25) is 0 Å². The predicted octanol–water partition coefficient (Wildman–Crippen LogP) is 4.19. The van der Waals surface area contributed by atoms with Gasteiger partial charge < -0.3 is 14.5 Å². The smallest absolute Gasteiger partial charge is 0.355 e. The van der Waals surface area contributed by atoms with E-state index in [1.54, 1.807) is 24.3 Å². The predicted molar refractivity (Wildman–Crippen MR) is 107 cm³/mol. The summed E-state index contributed by atoms with van der Waals surface area (Å²) in [5, 5.41) is 2.60. The number of carbonyl (C=O) groups excluding carboxylic acids is 2. The van der Waals surface area contributed by atoms with Crippen LogP contribution in [0.5, 0.6) is 0 Å². The summed E-state index contributed by atoms with van der Waals surface area (Å²) in [5.74, 6) is -0.564. The summed E-state index contributed by atoms with van der Waals surface area (Å²) in [7, 11) is 0. The number of esters is 1. The lowest BCUT2D eigenvalue weighted by Gasteiger charge is -2.08. The minimum atomic E-state index is -0.651. The van der Waals surface area contributed by atoms with Gasteiger partial charge in [-0.2, -0.15) is 0 Å². The van der Waals surface area contributed by atoms with Crippen molar-refractivity contribution in [2.75, 3.05) is 0 Å². The zero-order valence-corrected chi connectivity index (χ0v) is 15.1. The number of nitrogens with one attached hydrogen (secondary N) is 1. The molecule has 0 aliphatic heterocycles. The number of amides is 1. The second-order valence-electron chi connectivity index (χ2n) is 5.86. The summed E-state index contributed by atoms with van der Waals surface area (Å²) in [4.78, 5) is 24.8. The molecule has 1 amide bonds. The third-order valence-corrected chi connectivity index (χ3v) is 3.74. The Bertz CT molecular complexity index is 958. The fourth-order valence-electron chi connectivity index (χ4n) is 2.38. The van der Waals surface area contributed by atoms with Gasteiger partial charge in [0.2, 0.25) is 5.91 Å². The summed E-state index contributed by atoms with van der Waals surface area (Å²) in [6.45, 7) is -0.0202. The monoisotopic (exact) mass is 373 g/mol. The van der Waals surface area contributed by atoms with Crippen LogP contribution in [0.25, 0.3) is 12.2 Å². The first kappa shape index (κ1) is 18.9. The molecule has 3 rings (SSSR count). The van der Waals surface area contributed by atoms with Gasteiger partial charge >= 0.3 is 5.97 Å². The number of benzene rings is 2. The van der Waals surface area contributed by atoms with Crippen molar-refractivity contribution in [3.05, 3.63) is 108 Å². The first-order valence-electron chi connectivity index (χ1n) is 8.71. The molecular weight excluding hydrogens is 354 g/mol. The Morgan fingerprint density at radius 3 is 2.21 bits per heavy atom. The third-order valence-electron chi connectivity index (χ3n) is 3.74. The molecule has 1 aromatic heterocycles. The van der Waals surface area contributed by atoms with Gasteiger partial charge in [-0.1, -0.05) is 60.7 Å². The number of furan rings is 1. The minimum Gasteiger partial charge on any atom is -0.466 e. The van der Waals surface area contributed by atoms with Crippen molar-refractivity contribution in [3.63, 3.8) is 0 Å². The van der Waals surface area contributed by atoms with Crippen molar-refractivity contribution in [1.82, 2.24) is 5.32 Å². The first-order chi connectivity index (χ1) is 13.7. The average Bonchev–Trinajstić information content (AvgIpc) is 3.25. The molecule has 0 aliphatic rings. The highest BCUT2D eigenvalue weighted by atomic mass is 16.5. The van der Waals surface area contributed by atoms with Crippen LogP contribution >= 0.6 is 0 Å². The van der Waals surface area contributed by atoms with E-state index < -0.39 is 11.9 Å². The van der Waals surface area contributed by atoms with E-state index in [9.17, 15) is 9.59 Å². The Balaban J connectivity index is 1.72. The maximum Gasteiger partial charge on any atom is 0.355 e. The number of carbonyl (C=O) groups is 2. The first-order valence-corrected chi connectivity index (χ1v) is 8.71. The van der Waals surface area contributed by atoms with E-state index in [1.165, 1.54) is 12.3 Å². The molecule has 0 unspecified atom stereocenters. The molecule has 5 nitrogen and oxygen atoms in total. The zero-order valence-electron chi connectivity index (χ0n) is 15.1. The van der Waals surface area contributed by atoms with Crippen LogP contribution in [0.4, 0.5) is 0 Å². The molecule has 0 aliphatic carbocycles. The van der Waals surface area contributed by atoms with Crippen LogP contribution in [0.15, 0.2) is 95.2 Å². The molecule has 2 aromatic carbocycles. The second-order valence-corrected chi connectivity index (χ2v) is 5.86. The molecule has 28 heavy (non-hydrogen) atoms.